The van der Waals surface area contributed by atoms with Gasteiger partial charge in [0.1, 0.15) is 18.4 Å². The third kappa shape index (κ3) is 6.37. The van der Waals surface area contributed by atoms with Gasteiger partial charge >= 0.3 is 0 Å². The summed E-state index contributed by atoms with van der Waals surface area (Å²) in [4.78, 5) is 12.9. The van der Waals surface area contributed by atoms with Crippen LogP contribution in [0.1, 0.15) is 25.8 Å². The molecule has 158 valence electrons. The van der Waals surface area contributed by atoms with Gasteiger partial charge in [0.2, 0.25) is 15.9 Å². The van der Waals surface area contributed by atoms with Gasteiger partial charge in [-0.3, -0.25) is 9.10 Å². The molecule has 29 heavy (non-hydrogen) atoms. The molecule has 2 aromatic carbocycles. The number of nitrogens with zero attached hydrogens (tertiary/aromatic N) is 1. The summed E-state index contributed by atoms with van der Waals surface area (Å²) in [5.74, 6) is 0.358. The lowest BCUT2D eigenvalue weighted by Gasteiger charge is -2.31. The summed E-state index contributed by atoms with van der Waals surface area (Å²) in [6.07, 6.45) is 1.38. The molecule has 2 rings (SSSR count). The van der Waals surface area contributed by atoms with Crippen LogP contribution in [0.5, 0.6) is 5.75 Å². The van der Waals surface area contributed by atoms with Gasteiger partial charge in [-0.25, -0.2) is 8.42 Å². The van der Waals surface area contributed by atoms with Crippen molar-refractivity contribution in [1.29, 1.82) is 0 Å². The zero-order valence-electron chi connectivity index (χ0n) is 17.1. The fourth-order valence-electron chi connectivity index (χ4n) is 2.99. The standard InChI is InChI=1S/C21H27ClN2O4S/c1-5-19(24(29(4,26)27)18-11-8-10-17(22)13-18)21(25)23-16(3)14-28-20-12-7-6-9-15(20)2/h6-13,16,19H,5,14H2,1-4H3,(H,23,25)/t16-,19+/m1/s1. The van der Waals surface area contributed by atoms with Crippen LogP contribution in [0.15, 0.2) is 48.5 Å². The van der Waals surface area contributed by atoms with Gasteiger partial charge < -0.3 is 10.1 Å². The fourth-order valence-corrected chi connectivity index (χ4v) is 4.38. The van der Waals surface area contributed by atoms with Crippen LogP contribution in [0.2, 0.25) is 5.02 Å². The number of benzene rings is 2. The zero-order valence-corrected chi connectivity index (χ0v) is 18.6. The third-order valence-corrected chi connectivity index (χ3v) is 5.78. The van der Waals surface area contributed by atoms with Crippen LogP contribution < -0.4 is 14.4 Å². The van der Waals surface area contributed by atoms with Gasteiger partial charge in [0.25, 0.3) is 0 Å². The summed E-state index contributed by atoms with van der Waals surface area (Å²) in [5.41, 5.74) is 1.35. The van der Waals surface area contributed by atoms with E-state index in [4.69, 9.17) is 16.3 Å². The molecule has 0 heterocycles. The van der Waals surface area contributed by atoms with Crippen molar-refractivity contribution < 1.29 is 17.9 Å². The second-order valence-electron chi connectivity index (χ2n) is 6.95. The molecule has 1 amide bonds. The SMILES string of the molecule is CC[C@@H](C(=O)N[C@H](C)COc1ccccc1C)N(c1cccc(Cl)c1)S(C)(=O)=O. The Bertz CT molecular complexity index is 949. The average Bonchev–Trinajstić information content (AvgIpc) is 2.64. The van der Waals surface area contributed by atoms with Crippen LogP contribution in [0.25, 0.3) is 0 Å². The summed E-state index contributed by atoms with van der Waals surface area (Å²) in [7, 11) is -3.71. The summed E-state index contributed by atoms with van der Waals surface area (Å²) in [6, 6.07) is 12.9. The molecule has 2 aromatic rings. The zero-order chi connectivity index (χ0) is 21.6. The molecule has 0 saturated heterocycles. The van der Waals surface area contributed by atoms with Gasteiger partial charge in [-0.05, 0) is 50.1 Å². The van der Waals surface area contributed by atoms with Crippen molar-refractivity contribution in [2.24, 2.45) is 0 Å². The predicted molar refractivity (Wildman–Crippen MR) is 117 cm³/mol. The Hall–Kier alpha value is -2.25. The quantitative estimate of drug-likeness (QED) is 0.646. The van der Waals surface area contributed by atoms with Crippen molar-refractivity contribution >= 4 is 33.2 Å². The number of amides is 1. The molecule has 0 radical (unpaired) electrons. The summed E-state index contributed by atoms with van der Waals surface area (Å²) < 4.78 is 31.8. The maximum Gasteiger partial charge on any atom is 0.244 e. The average molecular weight is 439 g/mol. The van der Waals surface area contributed by atoms with Crippen LogP contribution in [-0.2, 0) is 14.8 Å². The van der Waals surface area contributed by atoms with E-state index < -0.39 is 22.0 Å². The van der Waals surface area contributed by atoms with E-state index in [1.54, 1.807) is 25.1 Å². The molecule has 6 nitrogen and oxygen atoms in total. The number of ether oxygens (including phenoxy) is 1. The molecule has 1 N–H and O–H groups in total. The Morgan fingerprint density at radius 2 is 1.90 bits per heavy atom. The molecule has 0 aromatic heterocycles. The van der Waals surface area contributed by atoms with E-state index in [9.17, 15) is 13.2 Å². The second kappa shape index (κ2) is 9.98. The van der Waals surface area contributed by atoms with Gasteiger partial charge in [0.05, 0.1) is 18.0 Å². The van der Waals surface area contributed by atoms with Gasteiger partial charge in [-0.15, -0.1) is 0 Å². The number of hydrogen-bond donors (Lipinski definition) is 1. The molecule has 0 aliphatic carbocycles. The maximum atomic E-state index is 12.9. The minimum Gasteiger partial charge on any atom is -0.491 e. The van der Waals surface area contributed by atoms with E-state index in [1.807, 2.05) is 38.1 Å². The largest absolute Gasteiger partial charge is 0.491 e. The highest BCUT2D eigenvalue weighted by molar-refractivity contribution is 7.92. The predicted octanol–water partition coefficient (Wildman–Crippen LogP) is 3.78. The number of rotatable bonds is 9. The monoisotopic (exact) mass is 438 g/mol. The highest BCUT2D eigenvalue weighted by Gasteiger charge is 2.32. The lowest BCUT2D eigenvalue weighted by Crippen LogP contribution is -2.52. The number of halogens is 1. The first-order chi connectivity index (χ1) is 13.6. The third-order valence-electron chi connectivity index (χ3n) is 4.36. The normalized spacial score (nSPS) is 13.4. The molecule has 2 atom stereocenters. The molecule has 0 aliphatic rings. The van der Waals surface area contributed by atoms with Gasteiger partial charge in [-0.2, -0.15) is 0 Å². The van der Waals surface area contributed by atoms with Crippen LogP contribution in [0.3, 0.4) is 0 Å². The molecule has 8 heteroatoms. The Labute approximate surface area is 177 Å². The summed E-state index contributed by atoms with van der Waals surface area (Å²) >= 11 is 6.02. The van der Waals surface area contributed by atoms with Crippen molar-refractivity contribution in [1.82, 2.24) is 5.32 Å². The number of anilines is 1. The van der Waals surface area contributed by atoms with Gasteiger partial charge in [-0.1, -0.05) is 42.8 Å². The van der Waals surface area contributed by atoms with E-state index in [-0.39, 0.29) is 12.6 Å². The first-order valence-corrected chi connectivity index (χ1v) is 11.6. The van der Waals surface area contributed by atoms with Crippen LogP contribution in [0.4, 0.5) is 5.69 Å². The highest BCUT2D eigenvalue weighted by atomic mass is 35.5. The lowest BCUT2D eigenvalue weighted by molar-refractivity contribution is -0.123. The molecule has 0 saturated carbocycles. The minimum absolute atomic E-state index is 0.267. The molecule has 0 aliphatic heterocycles. The number of nitrogens with one attached hydrogen (secondary N) is 1. The van der Waals surface area contributed by atoms with Crippen LogP contribution in [0, 0.1) is 6.92 Å². The van der Waals surface area contributed by atoms with Gasteiger partial charge in [0.15, 0.2) is 0 Å². The number of aryl methyl sites for hydroxylation is 1. The lowest BCUT2D eigenvalue weighted by atomic mass is 10.1. The molecule has 0 fully saturated rings. The number of hydrogen-bond acceptors (Lipinski definition) is 4. The fraction of sp³-hybridized carbons (Fsp3) is 0.381. The van der Waals surface area contributed by atoms with Crippen molar-refractivity contribution in [3.8, 4) is 5.75 Å². The number of carbonyl (C=O) groups excluding carboxylic acids is 1. The van der Waals surface area contributed by atoms with E-state index in [0.717, 1.165) is 21.9 Å². The Balaban J connectivity index is 2.13. The van der Waals surface area contributed by atoms with Crippen molar-refractivity contribution in [3.63, 3.8) is 0 Å². The van der Waals surface area contributed by atoms with Gasteiger partial charge in [0, 0.05) is 5.02 Å². The molecular weight excluding hydrogens is 412 g/mol. The molecular formula is C21H27ClN2O4S. The van der Waals surface area contributed by atoms with Crippen molar-refractivity contribution in [2.45, 2.75) is 39.3 Å². The maximum absolute atomic E-state index is 12.9. The topological polar surface area (TPSA) is 75.7 Å². The summed E-state index contributed by atoms with van der Waals surface area (Å²) in [5, 5.41) is 3.25. The van der Waals surface area contributed by atoms with Crippen molar-refractivity contribution in [3.05, 3.63) is 59.1 Å². The van der Waals surface area contributed by atoms with Crippen LogP contribution >= 0.6 is 11.6 Å². The second-order valence-corrected chi connectivity index (χ2v) is 9.24. The van der Waals surface area contributed by atoms with Crippen LogP contribution in [-0.4, -0.2) is 39.3 Å². The Morgan fingerprint density at radius 1 is 1.21 bits per heavy atom. The van der Waals surface area contributed by atoms with E-state index in [2.05, 4.69) is 5.32 Å². The summed E-state index contributed by atoms with van der Waals surface area (Å²) in [6.45, 7) is 5.79. The Kier molecular flexibility index (Phi) is 7.93. The molecule has 0 unspecified atom stereocenters. The first kappa shape index (κ1) is 23.0. The molecule has 0 spiro atoms. The minimum atomic E-state index is -3.71. The van der Waals surface area contributed by atoms with E-state index >= 15 is 0 Å². The number of para-hydroxylation sites is 1. The van der Waals surface area contributed by atoms with E-state index in [1.165, 1.54) is 6.07 Å². The number of sulfonamides is 1. The smallest absolute Gasteiger partial charge is 0.244 e. The Morgan fingerprint density at radius 3 is 2.48 bits per heavy atom. The molecule has 0 bridgehead atoms. The van der Waals surface area contributed by atoms with E-state index in [0.29, 0.717) is 17.1 Å². The highest BCUT2D eigenvalue weighted by Crippen LogP contribution is 2.25. The first-order valence-electron chi connectivity index (χ1n) is 9.37. The number of carbonyl (C=O) groups is 1. The van der Waals surface area contributed by atoms with Crippen molar-refractivity contribution in [2.75, 3.05) is 17.2 Å².